The Morgan fingerprint density at radius 2 is 2.28 bits per heavy atom. The second-order valence-electron chi connectivity index (χ2n) is 5.16. The Kier molecular flexibility index (Phi) is 3.35. The van der Waals surface area contributed by atoms with Crippen molar-refractivity contribution < 1.29 is 4.74 Å². The highest BCUT2D eigenvalue weighted by molar-refractivity contribution is 6.30. The number of halogens is 1. The Bertz CT molecular complexity index is 438. The number of fused-ring (bicyclic) bond motifs is 1. The number of nitrogens with zero attached hydrogens (tertiary/aromatic N) is 1. The maximum absolute atomic E-state index is 6.11. The van der Waals surface area contributed by atoms with Gasteiger partial charge >= 0.3 is 0 Å². The first-order chi connectivity index (χ1) is 8.78. The lowest BCUT2D eigenvalue weighted by Gasteiger charge is -2.37. The lowest BCUT2D eigenvalue weighted by Crippen LogP contribution is -2.44. The first kappa shape index (κ1) is 12.1. The largest absolute Gasteiger partial charge is 0.495 e. The van der Waals surface area contributed by atoms with E-state index in [1.807, 2.05) is 18.2 Å². The summed E-state index contributed by atoms with van der Waals surface area (Å²) in [7, 11) is 1.72. The molecule has 2 fully saturated rings. The Morgan fingerprint density at radius 3 is 3.11 bits per heavy atom. The number of hydrogen-bond donors (Lipinski definition) is 1. The number of piperidine rings is 1. The second-order valence-corrected chi connectivity index (χ2v) is 5.60. The molecule has 0 amide bonds. The van der Waals surface area contributed by atoms with Crippen LogP contribution in [-0.4, -0.2) is 32.8 Å². The van der Waals surface area contributed by atoms with Crippen molar-refractivity contribution >= 4 is 17.3 Å². The summed E-state index contributed by atoms with van der Waals surface area (Å²) in [5, 5.41) is 4.36. The average molecular weight is 267 g/mol. The zero-order valence-electron chi connectivity index (χ0n) is 10.7. The van der Waals surface area contributed by atoms with Gasteiger partial charge in [0.2, 0.25) is 0 Å². The first-order valence-corrected chi connectivity index (χ1v) is 6.97. The predicted molar refractivity (Wildman–Crippen MR) is 74.7 cm³/mol. The zero-order valence-corrected chi connectivity index (χ0v) is 11.4. The maximum Gasteiger partial charge on any atom is 0.142 e. The number of methoxy groups -OCH3 is 1. The van der Waals surface area contributed by atoms with Crippen LogP contribution in [0.25, 0.3) is 0 Å². The third kappa shape index (κ3) is 2.17. The van der Waals surface area contributed by atoms with Gasteiger partial charge in [-0.2, -0.15) is 0 Å². The van der Waals surface area contributed by atoms with Crippen LogP contribution in [0, 0.1) is 5.92 Å². The van der Waals surface area contributed by atoms with E-state index < -0.39 is 0 Å². The van der Waals surface area contributed by atoms with Gasteiger partial charge in [-0.15, -0.1) is 0 Å². The molecule has 0 radical (unpaired) electrons. The maximum atomic E-state index is 6.11. The van der Waals surface area contributed by atoms with E-state index in [1.165, 1.54) is 12.8 Å². The van der Waals surface area contributed by atoms with Crippen molar-refractivity contribution in [3.63, 3.8) is 0 Å². The van der Waals surface area contributed by atoms with Crippen molar-refractivity contribution in [3.05, 3.63) is 23.2 Å². The third-order valence-corrected chi connectivity index (χ3v) is 4.37. The normalized spacial score (nSPS) is 27.1. The summed E-state index contributed by atoms with van der Waals surface area (Å²) in [5.41, 5.74) is 1.13. The molecule has 2 unspecified atom stereocenters. The van der Waals surface area contributed by atoms with Crippen LogP contribution in [0.15, 0.2) is 18.2 Å². The highest BCUT2D eigenvalue weighted by atomic mass is 35.5. The molecule has 2 heterocycles. The molecule has 18 heavy (non-hydrogen) atoms. The van der Waals surface area contributed by atoms with Crippen LogP contribution >= 0.6 is 11.6 Å². The van der Waals surface area contributed by atoms with Crippen LogP contribution in [0.4, 0.5) is 5.69 Å². The quantitative estimate of drug-likeness (QED) is 0.890. The summed E-state index contributed by atoms with van der Waals surface area (Å²) in [5.74, 6) is 1.69. The van der Waals surface area contributed by atoms with E-state index in [2.05, 4.69) is 10.2 Å². The van der Waals surface area contributed by atoms with E-state index in [4.69, 9.17) is 16.3 Å². The van der Waals surface area contributed by atoms with Gasteiger partial charge in [-0.25, -0.2) is 0 Å². The molecule has 1 N–H and O–H groups in total. The van der Waals surface area contributed by atoms with Gasteiger partial charge in [0.05, 0.1) is 12.8 Å². The molecule has 0 aliphatic carbocycles. The Balaban J connectivity index is 1.84. The van der Waals surface area contributed by atoms with E-state index in [1.54, 1.807) is 7.11 Å². The molecule has 3 rings (SSSR count). The minimum Gasteiger partial charge on any atom is -0.495 e. The highest BCUT2D eigenvalue weighted by Gasteiger charge is 2.33. The van der Waals surface area contributed by atoms with E-state index in [0.29, 0.717) is 6.04 Å². The van der Waals surface area contributed by atoms with Crippen LogP contribution < -0.4 is 15.0 Å². The number of benzene rings is 1. The van der Waals surface area contributed by atoms with Crippen molar-refractivity contribution in [2.45, 2.75) is 18.9 Å². The molecule has 0 aromatic heterocycles. The number of anilines is 1. The van der Waals surface area contributed by atoms with E-state index in [0.717, 1.165) is 42.0 Å². The van der Waals surface area contributed by atoms with Gasteiger partial charge in [-0.3, -0.25) is 0 Å². The molecular formula is C14H19ClN2O. The predicted octanol–water partition coefficient (Wildman–Crippen LogP) is 2.54. The van der Waals surface area contributed by atoms with Crippen LogP contribution in [0.2, 0.25) is 5.02 Å². The molecule has 4 heteroatoms. The molecule has 1 aromatic rings. The highest BCUT2D eigenvalue weighted by Crippen LogP contribution is 2.35. The number of hydrogen-bond acceptors (Lipinski definition) is 3. The zero-order chi connectivity index (χ0) is 12.5. The summed E-state index contributed by atoms with van der Waals surface area (Å²) in [6, 6.07) is 6.57. The minimum atomic E-state index is 0.714. The summed E-state index contributed by atoms with van der Waals surface area (Å²) < 4.78 is 5.45. The molecule has 2 aliphatic heterocycles. The Hall–Kier alpha value is -0.930. The molecule has 0 spiro atoms. The fourth-order valence-electron chi connectivity index (χ4n) is 3.18. The van der Waals surface area contributed by atoms with Crippen LogP contribution in [-0.2, 0) is 0 Å². The fourth-order valence-corrected chi connectivity index (χ4v) is 3.34. The van der Waals surface area contributed by atoms with Gasteiger partial charge in [0.15, 0.2) is 0 Å². The summed E-state index contributed by atoms with van der Waals surface area (Å²) in [6.45, 7) is 3.34. The lowest BCUT2D eigenvalue weighted by molar-refractivity contribution is 0.369. The van der Waals surface area contributed by atoms with Crippen LogP contribution in [0.5, 0.6) is 5.75 Å². The van der Waals surface area contributed by atoms with Gasteiger partial charge < -0.3 is 15.0 Å². The Labute approximate surface area is 113 Å². The van der Waals surface area contributed by atoms with E-state index in [-0.39, 0.29) is 0 Å². The fraction of sp³-hybridized carbons (Fsp3) is 0.571. The molecule has 3 nitrogen and oxygen atoms in total. The van der Waals surface area contributed by atoms with Gasteiger partial charge in [0, 0.05) is 24.2 Å². The van der Waals surface area contributed by atoms with Crippen molar-refractivity contribution in [2.75, 3.05) is 31.6 Å². The van der Waals surface area contributed by atoms with Crippen molar-refractivity contribution in [1.29, 1.82) is 0 Å². The Morgan fingerprint density at radius 1 is 1.39 bits per heavy atom. The van der Waals surface area contributed by atoms with Crippen LogP contribution in [0.1, 0.15) is 12.8 Å². The molecule has 0 bridgehead atoms. The van der Waals surface area contributed by atoms with Crippen molar-refractivity contribution in [2.24, 2.45) is 5.92 Å². The summed E-state index contributed by atoms with van der Waals surface area (Å²) >= 11 is 6.11. The molecule has 2 aliphatic rings. The number of nitrogens with one attached hydrogen (secondary N) is 1. The standard InChI is InChI=1S/C14H19ClN2O/c1-18-14-3-2-11(15)8-13(14)17-7-5-12-10(9-17)4-6-16-12/h2-3,8,10,12,16H,4-7,9H2,1H3. The van der Waals surface area contributed by atoms with E-state index in [9.17, 15) is 0 Å². The monoisotopic (exact) mass is 266 g/mol. The molecule has 1 aromatic carbocycles. The lowest BCUT2D eigenvalue weighted by atomic mass is 9.93. The molecule has 2 saturated heterocycles. The first-order valence-electron chi connectivity index (χ1n) is 6.60. The van der Waals surface area contributed by atoms with Crippen molar-refractivity contribution in [1.82, 2.24) is 5.32 Å². The van der Waals surface area contributed by atoms with Gasteiger partial charge in [-0.1, -0.05) is 11.6 Å². The smallest absolute Gasteiger partial charge is 0.142 e. The SMILES string of the molecule is COc1ccc(Cl)cc1N1CCC2NCCC2C1. The number of rotatable bonds is 2. The van der Waals surface area contributed by atoms with Gasteiger partial charge in [0.25, 0.3) is 0 Å². The summed E-state index contributed by atoms with van der Waals surface area (Å²) in [4.78, 5) is 2.42. The topological polar surface area (TPSA) is 24.5 Å². The average Bonchev–Trinajstić information content (AvgIpc) is 2.85. The third-order valence-electron chi connectivity index (χ3n) is 4.14. The van der Waals surface area contributed by atoms with Crippen LogP contribution in [0.3, 0.4) is 0 Å². The number of ether oxygens (including phenoxy) is 1. The van der Waals surface area contributed by atoms with Crippen molar-refractivity contribution in [3.8, 4) is 5.75 Å². The van der Waals surface area contributed by atoms with Gasteiger partial charge in [0.1, 0.15) is 5.75 Å². The molecular weight excluding hydrogens is 248 g/mol. The van der Waals surface area contributed by atoms with Gasteiger partial charge in [-0.05, 0) is 43.5 Å². The van der Waals surface area contributed by atoms with E-state index >= 15 is 0 Å². The second kappa shape index (κ2) is 4.98. The summed E-state index contributed by atoms with van der Waals surface area (Å²) in [6.07, 6.45) is 2.49. The molecule has 98 valence electrons. The molecule has 2 atom stereocenters. The minimum absolute atomic E-state index is 0.714. The molecule has 0 saturated carbocycles.